The van der Waals surface area contributed by atoms with Gasteiger partial charge in [0.15, 0.2) is 0 Å². The summed E-state index contributed by atoms with van der Waals surface area (Å²) in [6.07, 6.45) is 20.3. The number of unbranched alkanes of at least 4 members (excludes halogenated alkanes) is 1. The maximum atomic E-state index is 4.35. The van der Waals surface area contributed by atoms with Crippen LogP contribution < -0.4 is 0 Å². The number of benzene rings is 1. The number of fused-ring (bicyclic) bond motifs is 1. The van der Waals surface area contributed by atoms with Crippen LogP contribution in [-0.4, -0.2) is 0 Å². The minimum Gasteiger partial charge on any atom is -0.0952 e. The Kier molecular flexibility index (Phi) is 5.91. The third kappa shape index (κ3) is 3.98. The number of allylic oxidation sites excluding steroid dienone is 7. The van der Waals surface area contributed by atoms with Crippen molar-refractivity contribution in [1.82, 2.24) is 0 Å². The van der Waals surface area contributed by atoms with E-state index in [1.807, 2.05) is 0 Å². The van der Waals surface area contributed by atoms with E-state index in [0.717, 1.165) is 24.7 Å². The molecule has 1 aromatic rings. The Balaban J connectivity index is 1.47. The van der Waals surface area contributed by atoms with Gasteiger partial charge in [0.05, 0.1) is 0 Å². The van der Waals surface area contributed by atoms with Crippen LogP contribution in [-0.2, 0) is 6.42 Å². The second-order valence-electron chi connectivity index (χ2n) is 7.16. The molecule has 2 atom stereocenters. The molecule has 0 amide bonds. The molecule has 1 aromatic carbocycles. The van der Waals surface area contributed by atoms with Gasteiger partial charge in [-0.3, -0.25) is 0 Å². The van der Waals surface area contributed by atoms with Crippen LogP contribution in [0.5, 0.6) is 0 Å². The average Bonchev–Trinajstić information content (AvgIpc) is 2.65. The van der Waals surface area contributed by atoms with E-state index < -0.39 is 0 Å². The molecule has 0 fully saturated rings. The minimum absolute atomic E-state index is 0.742. The summed E-state index contributed by atoms with van der Waals surface area (Å²) in [5.74, 6) is 1.51. The van der Waals surface area contributed by atoms with Crippen molar-refractivity contribution in [2.24, 2.45) is 11.8 Å². The standard InChI is InChI=1S/C24H30/c1-3-20-12-6-8-17-23(20)19(2)11-4-5-13-21-15-10-16-22-14-7-9-18-24(21)22/h6-8,10,12,14-17,21,24H,2-5,9,11,13,18H2,1H3. The van der Waals surface area contributed by atoms with Crippen molar-refractivity contribution < 1.29 is 0 Å². The fraction of sp³-hybridized carbons (Fsp3) is 0.417. The molecule has 0 spiro atoms. The highest BCUT2D eigenvalue weighted by Gasteiger charge is 2.24. The van der Waals surface area contributed by atoms with E-state index in [4.69, 9.17) is 0 Å². The summed E-state index contributed by atoms with van der Waals surface area (Å²) in [7, 11) is 0. The molecule has 126 valence electrons. The van der Waals surface area contributed by atoms with Gasteiger partial charge in [-0.1, -0.05) is 74.6 Å². The fourth-order valence-electron chi connectivity index (χ4n) is 4.19. The summed E-state index contributed by atoms with van der Waals surface area (Å²) in [4.78, 5) is 0. The van der Waals surface area contributed by atoms with Gasteiger partial charge in [-0.25, -0.2) is 0 Å². The van der Waals surface area contributed by atoms with Gasteiger partial charge in [-0.15, -0.1) is 0 Å². The molecule has 3 rings (SSSR count). The third-order valence-corrected chi connectivity index (χ3v) is 5.59. The number of rotatable bonds is 7. The van der Waals surface area contributed by atoms with Gasteiger partial charge in [-0.05, 0) is 72.6 Å². The molecule has 2 unspecified atom stereocenters. The molecule has 0 heteroatoms. The second-order valence-corrected chi connectivity index (χ2v) is 7.16. The number of hydrogen-bond donors (Lipinski definition) is 0. The van der Waals surface area contributed by atoms with Crippen molar-refractivity contribution >= 4 is 5.57 Å². The van der Waals surface area contributed by atoms with Gasteiger partial charge in [0.2, 0.25) is 0 Å². The maximum Gasteiger partial charge on any atom is -0.00961 e. The van der Waals surface area contributed by atoms with E-state index in [2.05, 4.69) is 68.1 Å². The Bertz CT molecular complexity index is 656. The van der Waals surface area contributed by atoms with Crippen molar-refractivity contribution in [2.75, 3.05) is 0 Å². The summed E-state index contributed by atoms with van der Waals surface area (Å²) >= 11 is 0. The van der Waals surface area contributed by atoms with E-state index in [1.165, 1.54) is 48.8 Å². The summed E-state index contributed by atoms with van der Waals surface area (Å²) < 4.78 is 0. The molecule has 0 aliphatic heterocycles. The van der Waals surface area contributed by atoms with Crippen molar-refractivity contribution in [3.05, 3.63) is 77.9 Å². The van der Waals surface area contributed by atoms with Crippen LogP contribution in [0.25, 0.3) is 5.57 Å². The van der Waals surface area contributed by atoms with Gasteiger partial charge >= 0.3 is 0 Å². The molecule has 2 aliphatic carbocycles. The van der Waals surface area contributed by atoms with Gasteiger partial charge < -0.3 is 0 Å². The van der Waals surface area contributed by atoms with E-state index in [1.54, 1.807) is 5.57 Å². The largest absolute Gasteiger partial charge is 0.0952 e. The Morgan fingerprint density at radius 3 is 2.96 bits per heavy atom. The van der Waals surface area contributed by atoms with Crippen LogP contribution in [0, 0.1) is 11.8 Å². The molecule has 0 radical (unpaired) electrons. The lowest BCUT2D eigenvalue weighted by Crippen LogP contribution is -2.18. The first-order valence-electron chi connectivity index (χ1n) is 9.60. The Labute approximate surface area is 147 Å². The molecule has 0 saturated carbocycles. The SMILES string of the molecule is C=C(CCCCC1C=CC=C2C=CCCC21)c1ccccc1CC. The smallest absolute Gasteiger partial charge is 0.00961 e. The average molecular weight is 319 g/mol. The van der Waals surface area contributed by atoms with Gasteiger partial charge in [0.25, 0.3) is 0 Å². The summed E-state index contributed by atoms with van der Waals surface area (Å²) in [5.41, 5.74) is 5.67. The Morgan fingerprint density at radius 2 is 2.08 bits per heavy atom. The lowest BCUT2D eigenvalue weighted by molar-refractivity contribution is 0.386. The molecule has 0 N–H and O–H groups in total. The van der Waals surface area contributed by atoms with E-state index in [-0.39, 0.29) is 0 Å². The van der Waals surface area contributed by atoms with E-state index >= 15 is 0 Å². The molecule has 2 aliphatic rings. The molecule has 0 saturated heterocycles. The Morgan fingerprint density at radius 1 is 1.21 bits per heavy atom. The second kappa shape index (κ2) is 8.33. The Hall–Kier alpha value is -1.82. The van der Waals surface area contributed by atoms with Crippen LogP contribution >= 0.6 is 0 Å². The van der Waals surface area contributed by atoms with Crippen molar-refractivity contribution in [3.63, 3.8) is 0 Å². The maximum absolute atomic E-state index is 4.35. The van der Waals surface area contributed by atoms with Gasteiger partial charge in [0, 0.05) is 0 Å². The quantitative estimate of drug-likeness (QED) is 0.480. The topological polar surface area (TPSA) is 0 Å². The van der Waals surface area contributed by atoms with Crippen molar-refractivity contribution in [3.8, 4) is 0 Å². The first-order valence-corrected chi connectivity index (χ1v) is 9.60. The normalized spacial score (nSPS) is 22.1. The molecule has 0 nitrogen and oxygen atoms in total. The highest BCUT2D eigenvalue weighted by atomic mass is 14.3. The molecule has 0 heterocycles. The van der Waals surface area contributed by atoms with E-state index in [9.17, 15) is 0 Å². The predicted molar refractivity (Wildman–Crippen MR) is 106 cm³/mol. The van der Waals surface area contributed by atoms with Crippen molar-refractivity contribution in [2.45, 2.75) is 51.9 Å². The highest BCUT2D eigenvalue weighted by molar-refractivity contribution is 5.66. The van der Waals surface area contributed by atoms with Crippen LogP contribution in [0.4, 0.5) is 0 Å². The first-order chi connectivity index (χ1) is 11.8. The molecule has 0 aromatic heterocycles. The van der Waals surface area contributed by atoms with Crippen LogP contribution in [0.1, 0.15) is 56.6 Å². The van der Waals surface area contributed by atoms with Gasteiger partial charge in [-0.2, -0.15) is 0 Å². The summed E-state index contributed by atoms with van der Waals surface area (Å²) in [6.45, 7) is 6.58. The summed E-state index contributed by atoms with van der Waals surface area (Å²) in [6, 6.07) is 8.74. The predicted octanol–water partition coefficient (Wildman–Crippen LogP) is 6.90. The van der Waals surface area contributed by atoms with Crippen molar-refractivity contribution in [1.29, 1.82) is 0 Å². The summed E-state index contributed by atoms with van der Waals surface area (Å²) in [5, 5.41) is 0. The lowest BCUT2D eigenvalue weighted by atomic mass is 9.74. The van der Waals surface area contributed by atoms with Gasteiger partial charge in [0.1, 0.15) is 0 Å². The zero-order valence-corrected chi connectivity index (χ0v) is 15.0. The first kappa shape index (κ1) is 17.0. The van der Waals surface area contributed by atoms with Crippen LogP contribution in [0.2, 0.25) is 0 Å². The van der Waals surface area contributed by atoms with E-state index in [0.29, 0.717) is 0 Å². The third-order valence-electron chi connectivity index (χ3n) is 5.59. The monoisotopic (exact) mass is 318 g/mol. The number of aryl methyl sites for hydroxylation is 1. The van der Waals surface area contributed by atoms with Crippen LogP contribution in [0.15, 0.2) is 66.8 Å². The lowest BCUT2D eigenvalue weighted by Gasteiger charge is -2.30. The molecular formula is C24H30. The zero-order valence-electron chi connectivity index (χ0n) is 15.0. The van der Waals surface area contributed by atoms with Crippen LogP contribution in [0.3, 0.4) is 0 Å². The molecule has 24 heavy (non-hydrogen) atoms. The highest BCUT2D eigenvalue weighted by Crippen LogP contribution is 2.37. The molecular weight excluding hydrogens is 288 g/mol. The zero-order chi connectivity index (χ0) is 16.8. The minimum atomic E-state index is 0.742. The number of hydrogen-bond acceptors (Lipinski definition) is 0. The fourth-order valence-corrected chi connectivity index (χ4v) is 4.19. The molecule has 0 bridgehead atoms.